The average molecular weight is 440 g/mol. The first-order valence-corrected chi connectivity index (χ1v) is 11.2. The molecule has 2 aromatic carbocycles. The minimum Gasteiger partial charge on any atom is -0.378 e. The second-order valence-corrected chi connectivity index (χ2v) is 9.63. The first-order chi connectivity index (χ1) is 14.0. The topological polar surface area (TPSA) is 66.5 Å². The number of alkyl halides is 3. The second kappa shape index (κ2) is 8.29. The van der Waals surface area contributed by atoms with Gasteiger partial charge in [-0.25, -0.2) is 8.42 Å². The Balaban J connectivity index is 1.71. The highest BCUT2D eigenvalue weighted by molar-refractivity contribution is 7.91. The van der Waals surface area contributed by atoms with Crippen LogP contribution in [0.1, 0.15) is 29.5 Å². The molecule has 0 aliphatic heterocycles. The summed E-state index contributed by atoms with van der Waals surface area (Å²) in [6, 6.07) is 8.52. The highest BCUT2D eigenvalue weighted by Crippen LogP contribution is 2.37. The normalized spacial score (nSPS) is 13.8. The Morgan fingerprint density at radius 3 is 2.43 bits per heavy atom. The van der Waals surface area contributed by atoms with Crippen molar-refractivity contribution < 1.29 is 26.4 Å². The molecular weight excluding hydrogens is 417 g/mol. The molecule has 30 heavy (non-hydrogen) atoms. The Kier molecular flexibility index (Phi) is 6.12. The van der Waals surface area contributed by atoms with Crippen molar-refractivity contribution >= 4 is 27.1 Å². The molecular formula is C21H23F3N2O3S. The predicted octanol–water partition coefficient (Wildman–Crippen LogP) is 4.06. The zero-order chi connectivity index (χ0) is 22.1. The van der Waals surface area contributed by atoms with Crippen LogP contribution in [0.4, 0.5) is 24.5 Å². The molecule has 2 aromatic rings. The number of amides is 1. The monoisotopic (exact) mass is 440 g/mol. The van der Waals surface area contributed by atoms with Gasteiger partial charge in [0.05, 0.1) is 21.9 Å². The lowest BCUT2D eigenvalue weighted by atomic mass is 10.1. The number of aryl methyl sites for hydroxylation is 2. The summed E-state index contributed by atoms with van der Waals surface area (Å²) >= 11 is 0. The van der Waals surface area contributed by atoms with Gasteiger partial charge < -0.3 is 10.2 Å². The van der Waals surface area contributed by atoms with Crippen LogP contribution in [0.15, 0.2) is 41.3 Å². The number of fused-ring (bicyclic) bond motifs is 1. The van der Waals surface area contributed by atoms with Gasteiger partial charge in [-0.15, -0.1) is 0 Å². The molecule has 1 N–H and O–H groups in total. The summed E-state index contributed by atoms with van der Waals surface area (Å²) in [5.74, 6) is -1.27. The van der Waals surface area contributed by atoms with Crippen molar-refractivity contribution in [2.45, 2.75) is 36.8 Å². The van der Waals surface area contributed by atoms with E-state index in [1.165, 1.54) is 23.1 Å². The number of nitrogens with zero attached hydrogens (tertiary/aromatic N) is 1. The van der Waals surface area contributed by atoms with Gasteiger partial charge in [-0.1, -0.05) is 6.07 Å². The lowest BCUT2D eigenvalue weighted by Crippen LogP contribution is -2.20. The first kappa shape index (κ1) is 22.1. The third-order valence-electron chi connectivity index (χ3n) is 5.13. The molecule has 1 aliphatic rings. The van der Waals surface area contributed by atoms with Crippen molar-refractivity contribution in [3.8, 4) is 0 Å². The molecule has 9 heteroatoms. The molecule has 1 aliphatic carbocycles. The minimum absolute atomic E-state index is 0.141. The van der Waals surface area contributed by atoms with E-state index in [-0.39, 0.29) is 4.90 Å². The van der Waals surface area contributed by atoms with Crippen molar-refractivity contribution in [1.82, 2.24) is 0 Å². The number of hydrogen-bond donors (Lipinski definition) is 1. The van der Waals surface area contributed by atoms with Crippen molar-refractivity contribution in [3.05, 3.63) is 53.1 Å². The second-order valence-electron chi connectivity index (χ2n) is 7.52. The van der Waals surface area contributed by atoms with Gasteiger partial charge in [0.1, 0.15) is 0 Å². The van der Waals surface area contributed by atoms with Gasteiger partial charge >= 0.3 is 6.18 Å². The van der Waals surface area contributed by atoms with E-state index in [4.69, 9.17) is 0 Å². The maximum atomic E-state index is 13.4. The zero-order valence-corrected chi connectivity index (χ0v) is 17.5. The van der Waals surface area contributed by atoms with E-state index in [0.29, 0.717) is 5.69 Å². The summed E-state index contributed by atoms with van der Waals surface area (Å²) < 4.78 is 65.3. The van der Waals surface area contributed by atoms with Gasteiger partial charge in [0.25, 0.3) is 0 Å². The van der Waals surface area contributed by atoms with Crippen LogP contribution in [-0.2, 0) is 33.6 Å². The number of benzene rings is 2. The number of sulfone groups is 1. The highest BCUT2D eigenvalue weighted by Gasteiger charge is 2.34. The molecule has 0 atom stereocenters. The molecule has 0 radical (unpaired) electrons. The average Bonchev–Trinajstić information content (AvgIpc) is 3.13. The van der Waals surface area contributed by atoms with E-state index in [1.54, 1.807) is 26.2 Å². The van der Waals surface area contributed by atoms with Crippen LogP contribution in [0.5, 0.6) is 0 Å². The first-order valence-electron chi connectivity index (χ1n) is 9.50. The largest absolute Gasteiger partial charge is 0.418 e. The smallest absolute Gasteiger partial charge is 0.378 e. The molecule has 0 spiro atoms. The fraction of sp³-hybridized carbons (Fsp3) is 0.381. The van der Waals surface area contributed by atoms with E-state index in [0.717, 1.165) is 36.5 Å². The molecule has 0 bridgehead atoms. The van der Waals surface area contributed by atoms with Crippen LogP contribution < -0.4 is 10.2 Å². The zero-order valence-electron chi connectivity index (χ0n) is 16.7. The number of carbonyl (C=O) groups excluding carboxylic acids is 1. The number of rotatable bonds is 6. The van der Waals surface area contributed by atoms with E-state index in [1.807, 2.05) is 0 Å². The van der Waals surface area contributed by atoms with Crippen molar-refractivity contribution in [2.24, 2.45) is 0 Å². The molecule has 0 saturated carbocycles. The molecule has 0 saturated heterocycles. The minimum atomic E-state index is -4.66. The van der Waals surface area contributed by atoms with Gasteiger partial charge in [0.2, 0.25) is 5.91 Å². The standard InChI is InChI=1S/C21H23F3N2O3S/c1-26(2)16-7-9-19(18(13-16)21(22,23)24)25-20(27)10-11-30(28,29)17-8-6-14-4-3-5-15(14)12-17/h6-9,12-13H,3-5,10-11H2,1-2H3,(H,25,27). The maximum absolute atomic E-state index is 13.4. The van der Waals surface area contributed by atoms with Gasteiger partial charge in [0, 0.05) is 26.2 Å². The van der Waals surface area contributed by atoms with E-state index in [2.05, 4.69) is 5.32 Å². The molecule has 0 fully saturated rings. The fourth-order valence-corrected chi connectivity index (χ4v) is 4.74. The number of anilines is 2. The summed E-state index contributed by atoms with van der Waals surface area (Å²) in [6.45, 7) is 0. The molecule has 5 nitrogen and oxygen atoms in total. The van der Waals surface area contributed by atoms with E-state index in [9.17, 15) is 26.4 Å². The lowest BCUT2D eigenvalue weighted by molar-refractivity contribution is -0.136. The van der Waals surface area contributed by atoms with Crippen molar-refractivity contribution in [2.75, 3.05) is 30.1 Å². The Hall–Kier alpha value is -2.55. The number of nitrogens with one attached hydrogen (secondary N) is 1. The number of carbonyl (C=O) groups is 1. The van der Waals surface area contributed by atoms with E-state index < -0.39 is 45.3 Å². The third-order valence-corrected chi connectivity index (χ3v) is 6.84. The van der Waals surface area contributed by atoms with Crippen LogP contribution in [0.25, 0.3) is 0 Å². The van der Waals surface area contributed by atoms with Gasteiger partial charge in [0.15, 0.2) is 9.84 Å². The SMILES string of the molecule is CN(C)c1ccc(NC(=O)CCS(=O)(=O)c2ccc3c(c2)CCC3)c(C(F)(F)F)c1. The molecule has 0 heterocycles. The van der Waals surface area contributed by atoms with Crippen LogP contribution in [0.2, 0.25) is 0 Å². The highest BCUT2D eigenvalue weighted by atomic mass is 32.2. The summed E-state index contributed by atoms with van der Waals surface area (Å²) in [5, 5.41) is 2.21. The summed E-state index contributed by atoms with van der Waals surface area (Å²) in [7, 11) is -0.498. The Morgan fingerprint density at radius 2 is 1.77 bits per heavy atom. The Labute approximate surface area is 173 Å². The molecule has 0 aromatic heterocycles. The quantitative estimate of drug-likeness (QED) is 0.736. The number of halogens is 3. The fourth-order valence-electron chi connectivity index (χ4n) is 3.45. The van der Waals surface area contributed by atoms with Crippen LogP contribution in [0.3, 0.4) is 0 Å². The van der Waals surface area contributed by atoms with Gasteiger partial charge in [-0.2, -0.15) is 13.2 Å². The molecule has 0 unspecified atom stereocenters. The summed E-state index contributed by atoms with van der Waals surface area (Å²) in [4.78, 5) is 13.9. The van der Waals surface area contributed by atoms with Crippen molar-refractivity contribution in [3.63, 3.8) is 0 Å². The van der Waals surface area contributed by atoms with Crippen LogP contribution in [0, 0.1) is 0 Å². The Bertz CT molecular complexity index is 1060. The van der Waals surface area contributed by atoms with Crippen LogP contribution >= 0.6 is 0 Å². The number of hydrogen-bond acceptors (Lipinski definition) is 4. The third kappa shape index (κ3) is 4.95. The molecule has 162 valence electrons. The Morgan fingerprint density at radius 1 is 1.07 bits per heavy atom. The summed E-state index contributed by atoms with van der Waals surface area (Å²) in [6.07, 6.45) is -2.37. The summed E-state index contributed by atoms with van der Waals surface area (Å²) in [5.41, 5.74) is 1.08. The van der Waals surface area contributed by atoms with Crippen LogP contribution in [-0.4, -0.2) is 34.2 Å². The molecule has 1 amide bonds. The lowest BCUT2D eigenvalue weighted by Gasteiger charge is -2.18. The van der Waals surface area contributed by atoms with Gasteiger partial charge in [-0.3, -0.25) is 4.79 Å². The van der Waals surface area contributed by atoms with E-state index >= 15 is 0 Å². The van der Waals surface area contributed by atoms with Crippen molar-refractivity contribution in [1.29, 1.82) is 0 Å². The predicted molar refractivity (Wildman–Crippen MR) is 110 cm³/mol. The maximum Gasteiger partial charge on any atom is 0.418 e. The molecule has 3 rings (SSSR count). The van der Waals surface area contributed by atoms with Gasteiger partial charge in [-0.05, 0) is 60.7 Å².